The first kappa shape index (κ1) is 14.5. The van der Waals surface area contributed by atoms with Gasteiger partial charge in [-0.15, -0.1) is 0 Å². The molecule has 0 spiro atoms. The normalized spacial score (nSPS) is 30.9. The molecule has 0 aromatic carbocycles. The highest BCUT2D eigenvalue weighted by molar-refractivity contribution is 7.71. The molecule has 3 rings (SSSR count). The van der Waals surface area contributed by atoms with Crippen LogP contribution in [0.5, 0.6) is 0 Å². The van der Waals surface area contributed by atoms with Crippen molar-refractivity contribution in [3.63, 3.8) is 0 Å². The second kappa shape index (κ2) is 5.40. The molecule has 0 aliphatic carbocycles. The number of aromatic nitrogens is 4. The lowest BCUT2D eigenvalue weighted by Crippen LogP contribution is -2.40. The van der Waals surface area contributed by atoms with Crippen molar-refractivity contribution in [3.8, 4) is 0 Å². The topological polar surface area (TPSA) is 137 Å². The van der Waals surface area contributed by atoms with E-state index in [1.165, 1.54) is 17.2 Å². The third-order valence-corrected chi connectivity index (χ3v) is 3.79. The number of rotatable bonds is 3. The Labute approximate surface area is 123 Å². The zero-order valence-electron chi connectivity index (χ0n) is 10.7. The fourth-order valence-electron chi connectivity index (χ4n) is 2.40. The Morgan fingerprint density at radius 3 is 2.86 bits per heavy atom. The zero-order valence-corrected chi connectivity index (χ0v) is 11.5. The summed E-state index contributed by atoms with van der Waals surface area (Å²) in [5.41, 5.74) is 0.911. The van der Waals surface area contributed by atoms with E-state index in [2.05, 4.69) is 15.0 Å². The van der Waals surface area contributed by atoms with Gasteiger partial charge in [0.1, 0.15) is 35.6 Å². The quantitative estimate of drug-likeness (QED) is 0.430. The highest BCUT2D eigenvalue weighted by Gasteiger charge is 2.47. The lowest BCUT2D eigenvalue weighted by Gasteiger charge is -2.18. The lowest BCUT2D eigenvalue weighted by molar-refractivity contribution is -0.0962. The number of ether oxygens (including phenoxy) is 1. The second-order valence-corrected chi connectivity index (χ2v) is 5.17. The van der Waals surface area contributed by atoms with Crippen LogP contribution in [0.25, 0.3) is 11.2 Å². The van der Waals surface area contributed by atoms with Gasteiger partial charge in [0, 0.05) is 0 Å². The van der Waals surface area contributed by atoms with Crippen molar-refractivity contribution in [2.75, 3.05) is 6.61 Å². The molecule has 1 aliphatic rings. The van der Waals surface area contributed by atoms with Crippen LogP contribution < -0.4 is 0 Å². The number of aliphatic hydroxyl groups is 4. The minimum atomic E-state index is -1.33. The number of fused-ring (bicyclic) bond motifs is 1. The average Bonchev–Trinajstić information content (AvgIpc) is 3.02. The third-order valence-electron chi connectivity index (χ3n) is 3.50. The van der Waals surface area contributed by atoms with Crippen molar-refractivity contribution in [1.82, 2.24) is 19.5 Å². The number of imidazole rings is 1. The van der Waals surface area contributed by atoms with E-state index in [0.29, 0.717) is 15.8 Å². The molecular weight excluding hydrogens is 300 g/mol. The number of aliphatic hydroxyl groups excluding tert-OH is 4. The van der Waals surface area contributed by atoms with E-state index in [9.17, 15) is 15.3 Å². The van der Waals surface area contributed by atoms with E-state index in [-0.39, 0.29) is 0 Å². The summed E-state index contributed by atoms with van der Waals surface area (Å²) in [6.07, 6.45) is -3.20. The molecule has 5 N–H and O–H groups in total. The van der Waals surface area contributed by atoms with Crippen LogP contribution in [0.4, 0.5) is 0 Å². The summed E-state index contributed by atoms with van der Waals surface area (Å²) in [5, 5.41) is 38.6. The molecule has 1 saturated heterocycles. The van der Waals surface area contributed by atoms with Gasteiger partial charge in [-0.1, -0.05) is 12.2 Å². The van der Waals surface area contributed by atoms with Crippen molar-refractivity contribution in [2.45, 2.75) is 30.6 Å². The van der Waals surface area contributed by atoms with Gasteiger partial charge in [0.15, 0.2) is 10.9 Å². The van der Waals surface area contributed by atoms with Crippen molar-refractivity contribution in [2.24, 2.45) is 0 Å². The molecule has 2 aromatic heterocycles. The summed E-state index contributed by atoms with van der Waals surface area (Å²) in [7, 11) is 0. The van der Waals surface area contributed by atoms with E-state index in [4.69, 9.17) is 22.1 Å². The molecule has 1 aliphatic heterocycles. The Hall–Kier alpha value is -1.43. The molecule has 3 heterocycles. The van der Waals surface area contributed by atoms with Gasteiger partial charge < -0.3 is 30.1 Å². The minimum absolute atomic E-state index is 0.294. The molecule has 0 amide bonds. The van der Waals surface area contributed by atoms with Crippen molar-refractivity contribution < 1.29 is 25.2 Å². The molecule has 21 heavy (non-hydrogen) atoms. The molecule has 0 saturated carbocycles. The predicted molar refractivity (Wildman–Crippen MR) is 71.7 cm³/mol. The number of hydrogen-bond acceptors (Lipinski definition) is 8. The standard InChI is InChI=1S/C11H14N4O5S/c16-1-4(17)8-6(18)7(19)11(20-8)15-3-14-5-9(15)12-2-13-10(5)21/h2-4,6-8,11,16-19H,1H2,(H,12,13,21)/t4?,6-,7+,8+,11+/m0/s1. The van der Waals surface area contributed by atoms with Gasteiger partial charge in [-0.3, -0.25) is 4.57 Å². The van der Waals surface area contributed by atoms with Crippen LogP contribution in [0.1, 0.15) is 6.23 Å². The van der Waals surface area contributed by atoms with Gasteiger partial charge in [-0.25, -0.2) is 9.97 Å². The molecule has 2 aromatic rings. The summed E-state index contributed by atoms with van der Waals surface area (Å²) in [4.78, 5) is 10.8. The number of H-pyrrole nitrogens is 1. The minimum Gasteiger partial charge on any atom is -0.394 e. The fourth-order valence-corrected chi connectivity index (χ4v) is 2.61. The van der Waals surface area contributed by atoms with E-state index >= 15 is 0 Å². The SMILES string of the molecule is OCC(O)[C@H]1O[C@@H](n2cnc3c(=S)nc[nH]c32)[C@H](O)[C@@H]1O. The van der Waals surface area contributed by atoms with Gasteiger partial charge in [0.2, 0.25) is 0 Å². The van der Waals surface area contributed by atoms with E-state index in [0.717, 1.165) is 0 Å². The van der Waals surface area contributed by atoms with E-state index < -0.39 is 37.3 Å². The van der Waals surface area contributed by atoms with E-state index in [1.54, 1.807) is 0 Å². The summed E-state index contributed by atoms with van der Waals surface area (Å²) in [6.45, 7) is -0.585. The molecule has 0 bridgehead atoms. The van der Waals surface area contributed by atoms with Gasteiger partial charge >= 0.3 is 0 Å². The summed E-state index contributed by atoms with van der Waals surface area (Å²) >= 11 is 5.05. The molecule has 114 valence electrons. The van der Waals surface area contributed by atoms with Crippen LogP contribution in [0, 0.1) is 4.64 Å². The predicted octanol–water partition coefficient (Wildman–Crippen LogP) is -1.54. The number of hydrogen-bond donors (Lipinski definition) is 5. The summed E-state index contributed by atoms with van der Waals surface area (Å²) < 4.78 is 7.23. The van der Waals surface area contributed by atoms with Gasteiger partial charge in [0.25, 0.3) is 0 Å². The molecular formula is C11H14N4O5S. The number of aromatic amines is 1. The van der Waals surface area contributed by atoms with Crippen LogP contribution in [0.15, 0.2) is 12.7 Å². The zero-order chi connectivity index (χ0) is 15.1. The maximum atomic E-state index is 10.1. The fraction of sp³-hybridized carbons (Fsp3) is 0.545. The molecule has 10 heteroatoms. The van der Waals surface area contributed by atoms with Crippen LogP contribution >= 0.6 is 12.2 Å². The largest absolute Gasteiger partial charge is 0.394 e. The maximum Gasteiger partial charge on any atom is 0.165 e. The first-order valence-electron chi connectivity index (χ1n) is 6.25. The number of nitrogens with one attached hydrogen (secondary N) is 1. The number of nitrogens with zero attached hydrogens (tertiary/aromatic N) is 3. The van der Waals surface area contributed by atoms with Crippen LogP contribution in [0.3, 0.4) is 0 Å². The van der Waals surface area contributed by atoms with Crippen LogP contribution in [-0.4, -0.2) is 71.0 Å². The molecule has 0 radical (unpaired) electrons. The highest BCUT2D eigenvalue weighted by Crippen LogP contribution is 2.32. The van der Waals surface area contributed by atoms with Crippen LogP contribution in [-0.2, 0) is 4.74 Å². The van der Waals surface area contributed by atoms with Gasteiger partial charge in [0.05, 0.1) is 19.3 Å². The monoisotopic (exact) mass is 314 g/mol. The van der Waals surface area contributed by atoms with Crippen molar-refractivity contribution in [3.05, 3.63) is 17.3 Å². The Morgan fingerprint density at radius 2 is 2.14 bits per heavy atom. The molecule has 1 unspecified atom stereocenters. The Kier molecular flexibility index (Phi) is 3.73. The van der Waals surface area contributed by atoms with Crippen LogP contribution in [0.2, 0.25) is 0 Å². The Morgan fingerprint density at radius 1 is 1.38 bits per heavy atom. The molecule has 1 fully saturated rings. The smallest absolute Gasteiger partial charge is 0.165 e. The van der Waals surface area contributed by atoms with E-state index in [1.807, 2.05) is 0 Å². The van der Waals surface area contributed by atoms with Gasteiger partial charge in [-0.2, -0.15) is 0 Å². The Balaban J connectivity index is 2.00. The summed E-state index contributed by atoms with van der Waals surface area (Å²) in [5.74, 6) is 0. The summed E-state index contributed by atoms with van der Waals surface area (Å²) in [6, 6.07) is 0. The first-order valence-corrected chi connectivity index (χ1v) is 6.66. The Bertz CT molecular complexity index is 703. The average molecular weight is 314 g/mol. The van der Waals surface area contributed by atoms with Crippen molar-refractivity contribution in [1.29, 1.82) is 0 Å². The van der Waals surface area contributed by atoms with Crippen molar-refractivity contribution >= 4 is 23.4 Å². The molecule has 9 nitrogen and oxygen atoms in total. The second-order valence-electron chi connectivity index (χ2n) is 4.78. The maximum absolute atomic E-state index is 10.1. The highest BCUT2D eigenvalue weighted by atomic mass is 32.1. The van der Waals surface area contributed by atoms with Gasteiger partial charge in [-0.05, 0) is 0 Å². The first-order chi connectivity index (χ1) is 10.0. The third kappa shape index (κ3) is 2.25. The lowest BCUT2D eigenvalue weighted by atomic mass is 10.1. The molecule has 5 atom stereocenters.